The molecule has 1 heterocycles. The van der Waals surface area contributed by atoms with Crippen molar-refractivity contribution in [3.05, 3.63) is 59.7 Å². The molecule has 1 saturated carbocycles. The van der Waals surface area contributed by atoms with Crippen LogP contribution in [0.25, 0.3) is 11.4 Å². The number of aliphatic hydroxyl groups is 1. The van der Waals surface area contributed by atoms with Crippen molar-refractivity contribution in [2.75, 3.05) is 19.8 Å². The number of ether oxygens (including phenoxy) is 1. The molecule has 2 aromatic carbocycles. The zero-order chi connectivity index (χ0) is 26.9. The molecule has 1 atom stereocenters. The minimum atomic E-state index is -0.870. The third-order valence-electron chi connectivity index (χ3n) is 6.69. The first-order valence-electron chi connectivity index (χ1n) is 13.3. The lowest BCUT2D eigenvalue weighted by Gasteiger charge is -2.32. The standard InChI is InChI=1S/C28H36N6O4/c1-3-38-24-15-13-21(14-16-24)26(28(37)29-23-7-4-5-8-23)33(17-6-18-35)25(36)19-34-31-27(30-32-34)22-11-9-20(2)10-12-22/h9-16,23,26,35H,3-8,17-19H2,1-2H3,(H,29,37). The van der Waals surface area contributed by atoms with Gasteiger partial charge in [-0.15, -0.1) is 10.2 Å². The van der Waals surface area contributed by atoms with Gasteiger partial charge >= 0.3 is 0 Å². The van der Waals surface area contributed by atoms with E-state index in [9.17, 15) is 14.7 Å². The van der Waals surface area contributed by atoms with Crippen LogP contribution >= 0.6 is 0 Å². The number of nitrogens with one attached hydrogen (secondary N) is 1. The van der Waals surface area contributed by atoms with Crippen molar-refractivity contribution in [3.63, 3.8) is 0 Å². The van der Waals surface area contributed by atoms with E-state index in [1.165, 1.54) is 9.70 Å². The normalized spacial score (nSPS) is 14.3. The van der Waals surface area contributed by atoms with Crippen LogP contribution in [-0.4, -0.2) is 67.8 Å². The third-order valence-corrected chi connectivity index (χ3v) is 6.69. The molecular formula is C28H36N6O4. The number of aromatic nitrogens is 4. The van der Waals surface area contributed by atoms with Crippen molar-refractivity contribution in [2.45, 2.75) is 64.6 Å². The number of nitrogens with zero attached hydrogens (tertiary/aromatic N) is 5. The van der Waals surface area contributed by atoms with E-state index in [1.807, 2.05) is 50.2 Å². The van der Waals surface area contributed by atoms with E-state index in [-0.39, 0.29) is 37.6 Å². The summed E-state index contributed by atoms with van der Waals surface area (Å²) in [4.78, 5) is 30.0. The summed E-state index contributed by atoms with van der Waals surface area (Å²) >= 11 is 0. The molecule has 2 N–H and O–H groups in total. The largest absolute Gasteiger partial charge is 0.494 e. The molecule has 3 aromatic rings. The van der Waals surface area contributed by atoms with Crippen LogP contribution in [0.1, 0.15) is 56.2 Å². The van der Waals surface area contributed by atoms with E-state index < -0.39 is 6.04 Å². The molecule has 10 nitrogen and oxygen atoms in total. The van der Waals surface area contributed by atoms with E-state index in [4.69, 9.17) is 4.74 Å². The molecule has 0 spiro atoms. The summed E-state index contributed by atoms with van der Waals surface area (Å²) in [5.74, 6) is 0.530. The predicted octanol–water partition coefficient (Wildman–Crippen LogP) is 3.06. The summed E-state index contributed by atoms with van der Waals surface area (Å²) in [6.45, 7) is 4.34. The van der Waals surface area contributed by atoms with E-state index in [0.717, 1.165) is 36.8 Å². The average Bonchev–Trinajstić information content (AvgIpc) is 3.60. The van der Waals surface area contributed by atoms with Crippen LogP contribution in [0.15, 0.2) is 48.5 Å². The molecule has 2 amide bonds. The van der Waals surface area contributed by atoms with Crippen LogP contribution < -0.4 is 10.1 Å². The number of carbonyl (C=O) groups is 2. The van der Waals surface area contributed by atoms with Crippen LogP contribution in [0, 0.1) is 6.92 Å². The first-order chi connectivity index (χ1) is 18.5. The molecule has 1 aliphatic rings. The number of aliphatic hydroxyl groups excluding tert-OH is 1. The van der Waals surface area contributed by atoms with E-state index in [0.29, 0.717) is 30.2 Å². The fraction of sp³-hybridized carbons (Fsp3) is 0.464. The zero-order valence-electron chi connectivity index (χ0n) is 22.0. The molecule has 4 rings (SSSR count). The summed E-state index contributed by atoms with van der Waals surface area (Å²) in [6, 6.07) is 14.2. The molecule has 0 saturated heterocycles. The Balaban J connectivity index is 1.59. The van der Waals surface area contributed by atoms with Gasteiger partial charge in [0.1, 0.15) is 18.3 Å². The molecule has 0 bridgehead atoms. The number of tetrazole rings is 1. The SMILES string of the molecule is CCOc1ccc(C(C(=O)NC2CCCC2)N(CCCO)C(=O)Cn2nnc(-c3ccc(C)cc3)n2)cc1. The van der Waals surface area contributed by atoms with Crippen molar-refractivity contribution in [1.29, 1.82) is 0 Å². The van der Waals surface area contributed by atoms with E-state index >= 15 is 0 Å². The number of hydrogen-bond donors (Lipinski definition) is 2. The van der Waals surface area contributed by atoms with Gasteiger partial charge in [-0.05, 0) is 56.0 Å². The molecule has 1 fully saturated rings. The van der Waals surface area contributed by atoms with Gasteiger partial charge in [-0.2, -0.15) is 4.80 Å². The van der Waals surface area contributed by atoms with Crippen molar-refractivity contribution >= 4 is 11.8 Å². The Kier molecular flexibility index (Phi) is 9.42. The van der Waals surface area contributed by atoms with Gasteiger partial charge in [0.05, 0.1) is 6.61 Å². The van der Waals surface area contributed by atoms with Crippen LogP contribution in [0.3, 0.4) is 0 Å². The predicted molar refractivity (Wildman–Crippen MR) is 142 cm³/mol. The maximum absolute atomic E-state index is 13.6. The summed E-state index contributed by atoms with van der Waals surface area (Å²) in [7, 11) is 0. The smallest absolute Gasteiger partial charge is 0.247 e. The maximum atomic E-state index is 13.6. The maximum Gasteiger partial charge on any atom is 0.247 e. The quantitative estimate of drug-likeness (QED) is 0.376. The van der Waals surface area contributed by atoms with Crippen molar-refractivity contribution in [1.82, 2.24) is 30.4 Å². The van der Waals surface area contributed by atoms with Gasteiger partial charge in [-0.25, -0.2) is 0 Å². The summed E-state index contributed by atoms with van der Waals surface area (Å²) in [6.07, 6.45) is 4.34. The van der Waals surface area contributed by atoms with Crippen molar-refractivity contribution in [3.8, 4) is 17.1 Å². The number of benzene rings is 2. The number of rotatable bonds is 12. The van der Waals surface area contributed by atoms with Gasteiger partial charge in [-0.1, -0.05) is 54.8 Å². The Labute approximate surface area is 223 Å². The second kappa shape index (κ2) is 13.1. The lowest BCUT2D eigenvalue weighted by atomic mass is 10.0. The molecule has 0 radical (unpaired) electrons. The first-order valence-corrected chi connectivity index (χ1v) is 13.3. The topological polar surface area (TPSA) is 122 Å². The van der Waals surface area contributed by atoms with Crippen molar-refractivity contribution in [2.24, 2.45) is 0 Å². The lowest BCUT2D eigenvalue weighted by Crippen LogP contribution is -2.47. The number of carbonyl (C=O) groups excluding carboxylic acids is 2. The molecule has 38 heavy (non-hydrogen) atoms. The second-order valence-electron chi connectivity index (χ2n) is 9.57. The van der Waals surface area contributed by atoms with Gasteiger partial charge in [0, 0.05) is 24.8 Å². The van der Waals surface area contributed by atoms with Crippen LogP contribution in [0.5, 0.6) is 5.75 Å². The Morgan fingerprint density at radius 1 is 1.13 bits per heavy atom. The number of amides is 2. The number of hydrogen-bond acceptors (Lipinski definition) is 7. The Morgan fingerprint density at radius 2 is 1.84 bits per heavy atom. The zero-order valence-corrected chi connectivity index (χ0v) is 22.0. The minimum Gasteiger partial charge on any atom is -0.494 e. The fourth-order valence-corrected chi connectivity index (χ4v) is 4.72. The highest BCUT2D eigenvalue weighted by atomic mass is 16.5. The summed E-state index contributed by atoms with van der Waals surface area (Å²) in [5.41, 5.74) is 2.59. The average molecular weight is 521 g/mol. The van der Waals surface area contributed by atoms with Crippen molar-refractivity contribution < 1.29 is 19.4 Å². The van der Waals surface area contributed by atoms with Gasteiger partial charge in [0.2, 0.25) is 17.6 Å². The van der Waals surface area contributed by atoms with E-state index in [2.05, 4.69) is 20.7 Å². The molecule has 202 valence electrons. The summed E-state index contributed by atoms with van der Waals surface area (Å²) in [5, 5.41) is 25.3. The highest BCUT2D eigenvalue weighted by molar-refractivity contribution is 5.89. The second-order valence-corrected chi connectivity index (χ2v) is 9.57. The Bertz CT molecular complexity index is 1190. The van der Waals surface area contributed by atoms with E-state index in [1.54, 1.807) is 12.1 Å². The first kappa shape index (κ1) is 27.3. The number of aryl methyl sites for hydroxylation is 1. The fourth-order valence-electron chi connectivity index (χ4n) is 4.72. The summed E-state index contributed by atoms with van der Waals surface area (Å²) < 4.78 is 5.56. The van der Waals surface area contributed by atoms with Gasteiger partial charge in [-0.3, -0.25) is 9.59 Å². The van der Waals surface area contributed by atoms with Gasteiger partial charge in [0.15, 0.2) is 0 Å². The van der Waals surface area contributed by atoms with Crippen LogP contribution in [-0.2, 0) is 16.1 Å². The van der Waals surface area contributed by atoms with Crippen LogP contribution in [0.4, 0.5) is 0 Å². The molecule has 10 heteroatoms. The molecule has 1 unspecified atom stereocenters. The highest BCUT2D eigenvalue weighted by Crippen LogP contribution is 2.27. The minimum absolute atomic E-state index is 0.0940. The van der Waals surface area contributed by atoms with Gasteiger partial charge in [0.25, 0.3) is 0 Å². The van der Waals surface area contributed by atoms with Crippen LogP contribution in [0.2, 0.25) is 0 Å². The third kappa shape index (κ3) is 6.95. The molecule has 0 aliphatic heterocycles. The Hall–Kier alpha value is -3.79. The molecular weight excluding hydrogens is 484 g/mol. The molecule has 1 aliphatic carbocycles. The van der Waals surface area contributed by atoms with Gasteiger partial charge < -0.3 is 20.1 Å². The monoisotopic (exact) mass is 520 g/mol. The molecule has 1 aromatic heterocycles. The highest BCUT2D eigenvalue weighted by Gasteiger charge is 2.33. The Morgan fingerprint density at radius 3 is 2.50 bits per heavy atom. The lowest BCUT2D eigenvalue weighted by molar-refractivity contribution is -0.142.